The maximum absolute atomic E-state index is 12.1. The normalized spacial score (nSPS) is 10.3. The molecule has 0 aliphatic heterocycles. The number of benzene rings is 2. The monoisotopic (exact) mass is 294 g/mol. The van der Waals surface area contributed by atoms with Gasteiger partial charge in [0.15, 0.2) is 0 Å². The molecule has 2 aromatic rings. The molecule has 0 atom stereocenters. The smallest absolute Gasteiger partial charge is 0.255 e. The van der Waals surface area contributed by atoms with Gasteiger partial charge in [-0.1, -0.05) is 23.2 Å². The predicted molar refractivity (Wildman–Crippen MR) is 80.0 cm³/mol. The highest BCUT2D eigenvalue weighted by atomic mass is 35.5. The number of carbonyl (C=O) groups is 1. The molecule has 5 heteroatoms. The van der Waals surface area contributed by atoms with Crippen molar-refractivity contribution < 1.29 is 4.79 Å². The molecule has 0 aliphatic rings. The van der Waals surface area contributed by atoms with Gasteiger partial charge in [0.25, 0.3) is 5.91 Å². The summed E-state index contributed by atoms with van der Waals surface area (Å²) in [6.07, 6.45) is 0. The molecule has 2 rings (SSSR count). The lowest BCUT2D eigenvalue weighted by Gasteiger charge is -2.08. The highest BCUT2D eigenvalue weighted by Gasteiger charge is 2.09. The fourth-order valence-electron chi connectivity index (χ4n) is 1.60. The molecule has 98 valence electrons. The van der Waals surface area contributed by atoms with Crippen molar-refractivity contribution in [3.63, 3.8) is 0 Å². The highest BCUT2D eigenvalue weighted by Crippen LogP contribution is 2.26. The van der Waals surface area contributed by atoms with Crippen LogP contribution in [0.4, 0.5) is 11.4 Å². The van der Waals surface area contributed by atoms with E-state index in [1.165, 1.54) is 0 Å². The number of nitrogen functional groups attached to an aromatic ring is 1. The van der Waals surface area contributed by atoms with Gasteiger partial charge in [-0.05, 0) is 48.9 Å². The van der Waals surface area contributed by atoms with Crippen molar-refractivity contribution in [1.82, 2.24) is 0 Å². The van der Waals surface area contributed by atoms with Gasteiger partial charge in [0.05, 0.1) is 10.7 Å². The topological polar surface area (TPSA) is 55.1 Å². The summed E-state index contributed by atoms with van der Waals surface area (Å²) in [6.45, 7) is 1.85. The maximum Gasteiger partial charge on any atom is 0.255 e. The lowest BCUT2D eigenvalue weighted by atomic mass is 10.1. The van der Waals surface area contributed by atoms with Crippen LogP contribution in [0.5, 0.6) is 0 Å². The number of hydrogen-bond donors (Lipinski definition) is 2. The predicted octanol–water partition coefficient (Wildman–Crippen LogP) is 4.14. The Morgan fingerprint density at radius 1 is 1.16 bits per heavy atom. The molecule has 0 spiro atoms. The van der Waals surface area contributed by atoms with Crippen LogP contribution in [-0.2, 0) is 0 Å². The Kier molecular flexibility index (Phi) is 3.98. The van der Waals surface area contributed by atoms with Crippen molar-refractivity contribution in [2.75, 3.05) is 11.1 Å². The van der Waals surface area contributed by atoms with E-state index < -0.39 is 0 Å². The van der Waals surface area contributed by atoms with Gasteiger partial charge in [-0.3, -0.25) is 4.79 Å². The first kappa shape index (κ1) is 13.7. The molecule has 19 heavy (non-hydrogen) atoms. The molecule has 0 fully saturated rings. The number of anilines is 2. The van der Waals surface area contributed by atoms with Gasteiger partial charge in [0, 0.05) is 16.3 Å². The summed E-state index contributed by atoms with van der Waals surface area (Å²) >= 11 is 11.8. The number of nitrogens with two attached hydrogens (primary N) is 1. The molecule has 0 saturated carbocycles. The summed E-state index contributed by atoms with van der Waals surface area (Å²) in [5, 5.41) is 3.65. The van der Waals surface area contributed by atoms with Gasteiger partial charge in [-0.25, -0.2) is 0 Å². The molecule has 0 unspecified atom stereocenters. The highest BCUT2D eigenvalue weighted by molar-refractivity contribution is 6.36. The average molecular weight is 295 g/mol. The first-order chi connectivity index (χ1) is 8.97. The number of rotatable bonds is 2. The summed E-state index contributed by atoms with van der Waals surface area (Å²) in [6, 6.07) is 10.0. The van der Waals surface area contributed by atoms with E-state index >= 15 is 0 Å². The van der Waals surface area contributed by atoms with Crippen LogP contribution in [0.3, 0.4) is 0 Å². The molecule has 1 amide bonds. The average Bonchev–Trinajstić information content (AvgIpc) is 2.36. The van der Waals surface area contributed by atoms with E-state index in [0.29, 0.717) is 27.0 Å². The van der Waals surface area contributed by atoms with E-state index in [0.717, 1.165) is 5.56 Å². The van der Waals surface area contributed by atoms with Crippen molar-refractivity contribution in [3.05, 3.63) is 57.6 Å². The number of hydrogen-bond acceptors (Lipinski definition) is 2. The second-order valence-electron chi connectivity index (χ2n) is 4.15. The lowest BCUT2D eigenvalue weighted by molar-refractivity contribution is 0.102. The summed E-state index contributed by atoms with van der Waals surface area (Å²) in [7, 11) is 0. The van der Waals surface area contributed by atoms with Crippen molar-refractivity contribution in [2.45, 2.75) is 6.92 Å². The van der Waals surface area contributed by atoms with Crippen LogP contribution in [-0.4, -0.2) is 5.91 Å². The fraction of sp³-hybridized carbons (Fsp3) is 0.0714. The van der Waals surface area contributed by atoms with E-state index in [1.54, 1.807) is 36.4 Å². The largest absolute Gasteiger partial charge is 0.399 e. The van der Waals surface area contributed by atoms with E-state index in [9.17, 15) is 4.79 Å². The molecule has 0 bridgehead atoms. The molecule has 2 aromatic carbocycles. The van der Waals surface area contributed by atoms with Crippen molar-refractivity contribution in [1.29, 1.82) is 0 Å². The molecule has 0 saturated heterocycles. The fourth-order valence-corrected chi connectivity index (χ4v) is 2.06. The third-order valence-corrected chi connectivity index (χ3v) is 3.26. The molecule has 3 nitrogen and oxygen atoms in total. The Bertz CT molecular complexity index is 641. The number of amides is 1. The third kappa shape index (κ3) is 3.19. The second-order valence-corrected chi connectivity index (χ2v) is 4.99. The Labute approximate surface area is 121 Å². The lowest BCUT2D eigenvalue weighted by Crippen LogP contribution is -2.12. The molecule has 0 radical (unpaired) electrons. The first-order valence-corrected chi connectivity index (χ1v) is 6.35. The zero-order valence-electron chi connectivity index (χ0n) is 10.2. The first-order valence-electron chi connectivity index (χ1n) is 5.60. The number of carbonyl (C=O) groups excluding carboxylic acids is 1. The van der Waals surface area contributed by atoms with Gasteiger partial charge in [0.1, 0.15) is 0 Å². The zero-order valence-corrected chi connectivity index (χ0v) is 11.7. The minimum atomic E-state index is -0.243. The van der Waals surface area contributed by atoms with Crippen molar-refractivity contribution >= 4 is 40.5 Å². The van der Waals surface area contributed by atoms with E-state index in [-0.39, 0.29) is 5.91 Å². The molecular weight excluding hydrogens is 283 g/mol. The van der Waals surface area contributed by atoms with Gasteiger partial charge < -0.3 is 11.1 Å². The van der Waals surface area contributed by atoms with Gasteiger partial charge >= 0.3 is 0 Å². The molecular formula is C14H12Cl2N2O. The van der Waals surface area contributed by atoms with Crippen LogP contribution in [0.25, 0.3) is 0 Å². The van der Waals surface area contributed by atoms with E-state index in [4.69, 9.17) is 28.9 Å². The van der Waals surface area contributed by atoms with Crippen LogP contribution >= 0.6 is 23.2 Å². The van der Waals surface area contributed by atoms with E-state index in [1.807, 2.05) is 6.92 Å². The summed E-state index contributed by atoms with van der Waals surface area (Å²) in [4.78, 5) is 12.1. The number of halogens is 2. The zero-order chi connectivity index (χ0) is 14.0. The van der Waals surface area contributed by atoms with Crippen LogP contribution < -0.4 is 11.1 Å². The third-order valence-electron chi connectivity index (χ3n) is 2.71. The Morgan fingerprint density at radius 3 is 2.53 bits per heavy atom. The van der Waals surface area contributed by atoms with Crippen molar-refractivity contribution in [3.8, 4) is 0 Å². The maximum atomic E-state index is 12.1. The standard InChI is InChI=1S/C14H12Cl2N2O/c1-8-6-9(2-4-12(8)17)14(19)18-13-5-3-10(15)7-11(13)16/h2-7H,17H2,1H3,(H,18,19). The minimum Gasteiger partial charge on any atom is -0.399 e. The van der Waals surface area contributed by atoms with E-state index in [2.05, 4.69) is 5.32 Å². The quantitative estimate of drug-likeness (QED) is 0.818. The Morgan fingerprint density at radius 2 is 1.89 bits per heavy atom. The summed E-state index contributed by atoms with van der Waals surface area (Å²) in [5.41, 5.74) is 8.27. The van der Waals surface area contributed by atoms with Crippen LogP contribution in [0, 0.1) is 6.92 Å². The molecule has 3 N–H and O–H groups in total. The second kappa shape index (κ2) is 5.51. The van der Waals surface area contributed by atoms with Crippen LogP contribution in [0.2, 0.25) is 10.0 Å². The Hall–Kier alpha value is -1.71. The van der Waals surface area contributed by atoms with Gasteiger partial charge in [0.2, 0.25) is 0 Å². The number of aryl methyl sites for hydroxylation is 1. The van der Waals surface area contributed by atoms with Gasteiger partial charge in [-0.2, -0.15) is 0 Å². The molecule has 0 aromatic heterocycles. The minimum absolute atomic E-state index is 0.243. The number of nitrogens with one attached hydrogen (secondary N) is 1. The van der Waals surface area contributed by atoms with Crippen LogP contribution in [0.1, 0.15) is 15.9 Å². The van der Waals surface area contributed by atoms with Crippen molar-refractivity contribution in [2.24, 2.45) is 0 Å². The van der Waals surface area contributed by atoms with Gasteiger partial charge in [-0.15, -0.1) is 0 Å². The SMILES string of the molecule is Cc1cc(C(=O)Nc2ccc(Cl)cc2Cl)ccc1N. The molecule has 0 aliphatic carbocycles. The Balaban J connectivity index is 2.23. The molecule has 0 heterocycles. The summed E-state index contributed by atoms with van der Waals surface area (Å²) < 4.78 is 0. The van der Waals surface area contributed by atoms with Crippen LogP contribution in [0.15, 0.2) is 36.4 Å². The summed E-state index contributed by atoms with van der Waals surface area (Å²) in [5.74, 6) is -0.243.